The molecule has 1 saturated carbocycles. The van der Waals surface area contributed by atoms with Crippen molar-refractivity contribution in [1.82, 2.24) is 4.57 Å². The first kappa shape index (κ1) is 23.1. The lowest BCUT2D eigenvalue weighted by Crippen LogP contribution is -2.27. The van der Waals surface area contributed by atoms with Gasteiger partial charge in [0.1, 0.15) is 0 Å². The Bertz CT molecular complexity index is 1190. The standard InChI is InChI=1S/C26H32N2O5/c1-25(2,3)23-12-16-11-18(6-7-20(16)28(23)14-19(29)15-33-4)27-24(32)26(9-10-26)17-5-8-21(30)22(31)13-17/h5-8,11-13,19,29-31H,9-10,14-15H2,1-4H3,(H,27,32). The van der Waals surface area contributed by atoms with E-state index in [1.807, 2.05) is 18.2 Å². The van der Waals surface area contributed by atoms with Gasteiger partial charge in [0, 0.05) is 34.8 Å². The summed E-state index contributed by atoms with van der Waals surface area (Å²) < 4.78 is 7.22. The van der Waals surface area contributed by atoms with E-state index in [1.54, 1.807) is 13.2 Å². The molecule has 1 amide bonds. The molecule has 3 aromatic rings. The third-order valence-electron chi connectivity index (χ3n) is 6.39. The van der Waals surface area contributed by atoms with Crippen molar-refractivity contribution < 1.29 is 24.9 Å². The number of fused-ring (bicyclic) bond motifs is 1. The third-order valence-corrected chi connectivity index (χ3v) is 6.39. The number of aromatic hydroxyl groups is 2. The van der Waals surface area contributed by atoms with Crippen LogP contribution in [0.15, 0.2) is 42.5 Å². The summed E-state index contributed by atoms with van der Waals surface area (Å²) in [4.78, 5) is 13.2. The lowest BCUT2D eigenvalue weighted by molar-refractivity contribution is -0.118. The smallest absolute Gasteiger partial charge is 0.235 e. The predicted molar refractivity (Wildman–Crippen MR) is 128 cm³/mol. The molecule has 1 heterocycles. The van der Waals surface area contributed by atoms with E-state index in [-0.39, 0.29) is 29.4 Å². The molecule has 7 nitrogen and oxygen atoms in total. The number of methoxy groups -OCH3 is 1. The maximum Gasteiger partial charge on any atom is 0.235 e. The minimum absolute atomic E-state index is 0.127. The fraction of sp³-hybridized carbons (Fsp3) is 0.423. The Labute approximate surface area is 193 Å². The van der Waals surface area contributed by atoms with Crippen LogP contribution in [0.4, 0.5) is 5.69 Å². The number of carbonyl (C=O) groups excluding carboxylic acids is 1. The van der Waals surface area contributed by atoms with Crippen molar-refractivity contribution in [3.8, 4) is 11.5 Å². The summed E-state index contributed by atoms with van der Waals surface area (Å²) in [7, 11) is 1.57. The highest BCUT2D eigenvalue weighted by molar-refractivity contribution is 6.02. The fourth-order valence-electron chi connectivity index (χ4n) is 4.47. The quantitative estimate of drug-likeness (QED) is 0.405. The van der Waals surface area contributed by atoms with E-state index in [0.717, 1.165) is 16.6 Å². The molecule has 1 aromatic heterocycles. The normalized spacial score (nSPS) is 16.0. The number of ether oxygens (including phenoxy) is 1. The van der Waals surface area contributed by atoms with Gasteiger partial charge >= 0.3 is 0 Å². The van der Waals surface area contributed by atoms with Crippen LogP contribution in [-0.2, 0) is 26.9 Å². The first-order chi connectivity index (χ1) is 15.5. The Kier molecular flexibility index (Phi) is 5.88. The average Bonchev–Trinajstić information content (AvgIpc) is 3.47. The summed E-state index contributed by atoms with van der Waals surface area (Å²) in [6.07, 6.45) is 0.753. The maximum atomic E-state index is 13.2. The summed E-state index contributed by atoms with van der Waals surface area (Å²) in [5.74, 6) is -0.548. The van der Waals surface area contributed by atoms with Crippen LogP contribution < -0.4 is 5.32 Å². The molecule has 1 aliphatic carbocycles. The highest BCUT2D eigenvalue weighted by Crippen LogP contribution is 2.50. The molecule has 2 aromatic carbocycles. The minimum Gasteiger partial charge on any atom is -0.504 e. The highest BCUT2D eigenvalue weighted by Gasteiger charge is 2.51. The molecule has 1 atom stereocenters. The van der Waals surface area contributed by atoms with E-state index in [9.17, 15) is 20.1 Å². The van der Waals surface area contributed by atoms with Crippen LogP contribution in [0.3, 0.4) is 0 Å². The Balaban J connectivity index is 1.63. The van der Waals surface area contributed by atoms with Crippen LogP contribution in [0.25, 0.3) is 10.9 Å². The lowest BCUT2D eigenvalue weighted by Gasteiger charge is -2.23. The van der Waals surface area contributed by atoms with Gasteiger partial charge in [0.25, 0.3) is 0 Å². The Hall–Kier alpha value is -3.03. The van der Waals surface area contributed by atoms with Crippen LogP contribution in [0, 0.1) is 0 Å². The van der Waals surface area contributed by atoms with Crippen LogP contribution >= 0.6 is 0 Å². The highest BCUT2D eigenvalue weighted by atomic mass is 16.5. The molecule has 0 aliphatic heterocycles. The predicted octanol–water partition coefficient (Wildman–Crippen LogP) is 4.03. The fourth-order valence-corrected chi connectivity index (χ4v) is 4.47. The van der Waals surface area contributed by atoms with Crippen molar-refractivity contribution in [2.45, 2.75) is 57.1 Å². The van der Waals surface area contributed by atoms with Gasteiger partial charge in [0.15, 0.2) is 11.5 Å². The maximum absolute atomic E-state index is 13.2. The van der Waals surface area contributed by atoms with Gasteiger partial charge in [-0.1, -0.05) is 26.8 Å². The van der Waals surface area contributed by atoms with Gasteiger partial charge in [-0.15, -0.1) is 0 Å². The van der Waals surface area contributed by atoms with E-state index in [2.05, 4.69) is 36.7 Å². The number of amides is 1. The zero-order valence-corrected chi connectivity index (χ0v) is 19.6. The molecule has 0 bridgehead atoms. The van der Waals surface area contributed by atoms with E-state index < -0.39 is 11.5 Å². The van der Waals surface area contributed by atoms with Crippen LogP contribution in [0.5, 0.6) is 11.5 Å². The van der Waals surface area contributed by atoms with Crippen molar-refractivity contribution in [2.75, 3.05) is 19.0 Å². The van der Waals surface area contributed by atoms with Gasteiger partial charge in [-0.3, -0.25) is 4.79 Å². The van der Waals surface area contributed by atoms with Gasteiger partial charge in [0.05, 0.1) is 24.7 Å². The molecule has 1 aliphatic rings. The molecule has 0 spiro atoms. The Morgan fingerprint density at radius 3 is 2.45 bits per heavy atom. The van der Waals surface area contributed by atoms with Crippen LogP contribution in [0.1, 0.15) is 44.9 Å². The van der Waals surface area contributed by atoms with E-state index in [4.69, 9.17) is 4.74 Å². The monoisotopic (exact) mass is 452 g/mol. The van der Waals surface area contributed by atoms with Crippen molar-refractivity contribution in [3.05, 3.63) is 53.7 Å². The topological polar surface area (TPSA) is 104 Å². The Morgan fingerprint density at radius 1 is 1.12 bits per heavy atom. The first-order valence-corrected chi connectivity index (χ1v) is 11.2. The molecule has 1 fully saturated rings. The van der Waals surface area contributed by atoms with Gasteiger partial charge in [0.2, 0.25) is 5.91 Å². The number of carbonyl (C=O) groups is 1. The summed E-state index contributed by atoms with van der Waals surface area (Å²) in [6.45, 7) is 7.07. The molecule has 7 heteroatoms. The molecule has 4 N–H and O–H groups in total. The van der Waals surface area contributed by atoms with Crippen LogP contribution in [-0.4, -0.2) is 45.6 Å². The summed E-state index contributed by atoms with van der Waals surface area (Å²) in [5, 5.41) is 33.8. The number of phenolic OH excluding ortho intramolecular Hbond substituents is 2. The number of phenols is 2. The number of rotatable bonds is 7. The lowest BCUT2D eigenvalue weighted by atomic mass is 9.92. The summed E-state index contributed by atoms with van der Waals surface area (Å²) in [6, 6.07) is 12.5. The largest absolute Gasteiger partial charge is 0.504 e. The van der Waals surface area contributed by atoms with Crippen LogP contribution in [0.2, 0.25) is 0 Å². The molecule has 176 valence electrons. The number of aliphatic hydroxyl groups is 1. The van der Waals surface area contributed by atoms with E-state index in [0.29, 0.717) is 30.6 Å². The van der Waals surface area contributed by atoms with E-state index in [1.165, 1.54) is 12.1 Å². The van der Waals surface area contributed by atoms with Crippen molar-refractivity contribution in [1.29, 1.82) is 0 Å². The number of nitrogens with one attached hydrogen (secondary N) is 1. The number of benzene rings is 2. The molecule has 0 radical (unpaired) electrons. The number of hydrogen-bond donors (Lipinski definition) is 4. The number of aromatic nitrogens is 1. The SMILES string of the molecule is COCC(O)Cn1c(C(C)(C)C)cc2cc(NC(=O)C3(c4ccc(O)c(O)c4)CC3)ccc21. The van der Waals surface area contributed by atoms with Gasteiger partial charge in [-0.05, 0) is 54.8 Å². The molecule has 1 unspecified atom stereocenters. The number of nitrogens with zero attached hydrogens (tertiary/aromatic N) is 1. The molecule has 4 rings (SSSR count). The van der Waals surface area contributed by atoms with Crippen molar-refractivity contribution >= 4 is 22.5 Å². The number of aliphatic hydroxyl groups excluding tert-OH is 1. The van der Waals surface area contributed by atoms with Crippen molar-refractivity contribution in [2.24, 2.45) is 0 Å². The van der Waals surface area contributed by atoms with E-state index >= 15 is 0 Å². The average molecular weight is 453 g/mol. The zero-order valence-electron chi connectivity index (χ0n) is 19.6. The van der Waals surface area contributed by atoms with Crippen molar-refractivity contribution in [3.63, 3.8) is 0 Å². The van der Waals surface area contributed by atoms with Gasteiger partial charge in [-0.2, -0.15) is 0 Å². The van der Waals surface area contributed by atoms with Gasteiger partial charge in [-0.25, -0.2) is 0 Å². The zero-order chi connectivity index (χ0) is 24.0. The number of hydrogen-bond acceptors (Lipinski definition) is 5. The second-order valence-corrected chi connectivity index (χ2v) is 10.0. The third kappa shape index (κ3) is 4.43. The molecule has 33 heavy (non-hydrogen) atoms. The minimum atomic E-state index is -0.688. The first-order valence-electron chi connectivity index (χ1n) is 11.2. The van der Waals surface area contributed by atoms with Gasteiger partial charge < -0.3 is 29.9 Å². The molecule has 0 saturated heterocycles. The summed E-state index contributed by atoms with van der Waals surface area (Å²) in [5.41, 5.74) is 2.65. The summed E-state index contributed by atoms with van der Waals surface area (Å²) >= 11 is 0. The Morgan fingerprint density at radius 2 is 1.85 bits per heavy atom. The second-order valence-electron chi connectivity index (χ2n) is 10.0. The second kappa shape index (κ2) is 8.39. The molecular formula is C26H32N2O5. The number of anilines is 1. The molecular weight excluding hydrogens is 420 g/mol.